The van der Waals surface area contributed by atoms with E-state index in [0.717, 1.165) is 13.0 Å². The largest absolute Gasteiger partial charge is 0.434 e. The van der Waals surface area contributed by atoms with Crippen molar-refractivity contribution in [3.05, 3.63) is 29.8 Å². The Morgan fingerprint density at radius 1 is 1.22 bits per heavy atom. The van der Waals surface area contributed by atoms with Crippen molar-refractivity contribution >= 4 is 5.96 Å². The fourth-order valence-electron chi connectivity index (χ4n) is 1.88. The number of ether oxygens (including phenoxy) is 2. The van der Waals surface area contributed by atoms with E-state index in [0.29, 0.717) is 31.3 Å². The quantitative estimate of drug-likeness (QED) is 0.394. The zero-order chi connectivity index (χ0) is 16.9. The first-order valence-corrected chi connectivity index (χ1v) is 7.80. The number of rotatable bonds is 10. The molecule has 0 amide bonds. The SMILES string of the molecule is CCNC(=NCc1ccccc1OC(F)F)NCCCOCC. The molecule has 7 heteroatoms. The molecule has 0 atom stereocenters. The van der Waals surface area contributed by atoms with Gasteiger partial charge in [0.1, 0.15) is 5.75 Å². The maximum atomic E-state index is 12.4. The third kappa shape index (κ3) is 8.35. The van der Waals surface area contributed by atoms with Gasteiger partial charge in [-0.05, 0) is 26.3 Å². The van der Waals surface area contributed by atoms with Crippen molar-refractivity contribution in [2.45, 2.75) is 33.4 Å². The lowest BCUT2D eigenvalue weighted by atomic mass is 10.2. The molecule has 130 valence electrons. The Labute approximate surface area is 136 Å². The number of hydrogen-bond acceptors (Lipinski definition) is 3. The van der Waals surface area contributed by atoms with Crippen molar-refractivity contribution in [1.29, 1.82) is 0 Å². The average molecular weight is 329 g/mol. The van der Waals surface area contributed by atoms with Gasteiger partial charge in [-0.2, -0.15) is 8.78 Å². The number of guanidine groups is 1. The van der Waals surface area contributed by atoms with Gasteiger partial charge in [-0.15, -0.1) is 0 Å². The maximum absolute atomic E-state index is 12.4. The van der Waals surface area contributed by atoms with Crippen LogP contribution in [-0.2, 0) is 11.3 Å². The first kappa shape index (κ1) is 19.2. The fraction of sp³-hybridized carbons (Fsp3) is 0.562. The standard InChI is InChI=1S/C16H25F2N3O2/c1-3-19-16(20-10-7-11-22-4-2)21-12-13-8-5-6-9-14(13)23-15(17)18/h5-6,8-9,15H,3-4,7,10-12H2,1-2H3,(H2,19,20,21). The predicted octanol–water partition coefficient (Wildman–Crippen LogP) is 2.77. The van der Waals surface area contributed by atoms with Crippen LogP contribution in [0.2, 0.25) is 0 Å². The molecular weight excluding hydrogens is 304 g/mol. The van der Waals surface area contributed by atoms with Crippen LogP contribution in [0.15, 0.2) is 29.3 Å². The molecule has 0 aromatic heterocycles. The molecule has 0 aliphatic carbocycles. The van der Waals surface area contributed by atoms with Gasteiger partial charge in [0.2, 0.25) is 0 Å². The van der Waals surface area contributed by atoms with E-state index < -0.39 is 6.61 Å². The monoisotopic (exact) mass is 329 g/mol. The molecule has 0 saturated heterocycles. The Kier molecular flexibility index (Phi) is 9.70. The van der Waals surface area contributed by atoms with Crippen molar-refractivity contribution in [2.24, 2.45) is 4.99 Å². The third-order valence-electron chi connectivity index (χ3n) is 2.90. The summed E-state index contributed by atoms with van der Waals surface area (Å²) < 4.78 is 34.6. The molecule has 2 N–H and O–H groups in total. The molecule has 1 rings (SSSR count). The normalized spacial score (nSPS) is 11.6. The Hall–Kier alpha value is -1.89. The summed E-state index contributed by atoms with van der Waals surface area (Å²) >= 11 is 0. The fourth-order valence-corrected chi connectivity index (χ4v) is 1.88. The molecule has 5 nitrogen and oxygen atoms in total. The van der Waals surface area contributed by atoms with Crippen LogP contribution in [0.5, 0.6) is 5.75 Å². The summed E-state index contributed by atoms with van der Waals surface area (Å²) in [4.78, 5) is 4.40. The highest BCUT2D eigenvalue weighted by atomic mass is 19.3. The second-order valence-corrected chi connectivity index (χ2v) is 4.66. The van der Waals surface area contributed by atoms with Crippen molar-refractivity contribution in [3.63, 3.8) is 0 Å². The van der Waals surface area contributed by atoms with Gasteiger partial charge in [-0.25, -0.2) is 4.99 Å². The number of halogens is 2. The Morgan fingerprint density at radius 2 is 2.00 bits per heavy atom. The number of nitrogens with one attached hydrogen (secondary N) is 2. The predicted molar refractivity (Wildman–Crippen MR) is 87.0 cm³/mol. The van der Waals surface area contributed by atoms with Gasteiger partial charge in [-0.1, -0.05) is 18.2 Å². The summed E-state index contributed by atoms with van der Waals surface area (Å²) in [5, 5.41) is 6.29. The van der Waals surface area contributed by atoms with Gasteiger partial charge in [0.05, 0.1) is 6.54 Å². The molecule has 0 bridgehead atoms. The lowest BCUT2D eigenvalue weighted by Gasteiger charge is -2.12. The van der Waals surface area contributed by atoms with Crippen LogP contribution in [0.4, 0.5) is 8.78 Å². The van der Waals surface area contributed by atoms with Crippen molar-refractivity contribution in [1.82, 2.24) is 10.6 Å². The van der Waals surface area contributed by atoms with E-state index in [1.54, 1.807) is 18.2 Å². The first-order valence-electron chi connectivity index (χ1n) is 7.80. The zero-order valence-corrected chi connectivity index (χ0v) is 13.6. The lowest BCUT2D eigenvalue weighted by Crippen LogP contribution is -2.38. The average Bonchev–Trinajstić information content (AvgIpc) is 2.53. The zero-order valence-electron chi connectivity index (χ0n) is 13.6. The molecule has 23 heavy (non-hydrogen) atoms. The highest BCUT2D eigenvalue weighted by Gasteiger charge is 2.08. The van der Waals surface area contributed by atoms with Gasteiger partial charge in [0.15, 0.2) is 5.96 Å². The second-order valence-electron chi connectivity index (χ2n) is 4.66. The molecule has 0 aliphatic rings. The minimum Gasteiger partial charge on any atom is -0.434 e. The molecule has 0 aliphatic heterocycles. The summed E-state index contributed by atoms with van der Waals surface area (Å²) in [6.45, 7) is 4.16. The summed E-state index contributed by atoms with van der Waals surface area (Å²) in [5.41, 5.74) is 0.610. The Morgan fingerprint density at radius 3 is 2.70 bits per heavy atom. The van der Waals surface area contributed by atoms with E-state index >= 15 is 0 Å². The molecule has 0 spiro atoms. The van der Waals surface area contributed by atoms with Crippen molar-refractivity contribution in [3.8, 4) is 5.75 Å². The van der Waals surface area contributed by atoms with E-state index in [2.05, 4.69) is 20.4 Å². The number of hydrogen-bond donors (Lipinski definition) is 2. The minimum absolute atomic E-state index is 0.151. The van der Waals surface area contributed by atoms with Crippen LogP contribution in [0.25, 0.3) is 0 Å². The van der Waals surface area contributed by atoms with Gasteiger partial charge >= 0.3 is 6.61 Å². The van der Waals surface area contributed by atoms with Crippen LogP contribution in [0.1, 0.15) is 25.8 Å². The number of aliphatic imine (C=N–C) groups is 1. The van der Waals surface area contributed by atoms with Gasteiger partial charge in [0, 0.05) is 31.9 Å². The molecule has 0 fully saturated rings. The molecule has 0 saturated carbocycles. The Bertz CT molecular complexity index is 470. The second kappa shape index (κ2) is 11.6. The Balaban J connectivity index is 2.59. The van der Waals surface area contributed by atoms with Crippen LogP contribution in [0, 0.1) is 0 Å². The van der Waals surface area contributed by atoms with E-state index in [1.807, 2.05) is 13.8 Å². The van der Waals surface area contributed by atoms with Crippen LogP contribution < -0.4 is 15.4 Å². The smallest absolute Gasteiger partial charge is 0.387 e. The highest BCUT2D eigenvalue weighted by molar-refractivity contribution is 5.79. The van der Waals surface area contributed by atoms with Crippen molar-refractivity contribution in [2.75, 3.05) is 26.3 Å². The number of benzene rings is 1. The van der Waals surface area contributed by atoms with Crippen molar-refractivity contribution < 1.29 is 18.3 Å². The van der Waals surface area contributed by atoms with E-state index in [-0.39, 0.29) is 12.3 Å². The number of alkyl halides is 2. The molecule has 1 aromatic rings. The summed E-state index contributed by atoms with van der Waals surface area (Å²) in [6, 6.07) is 6.66. The maximum Gasteiger partial charge on any atom is 0.387 e. The lowest BCUT2D eigenvalue weighted by molar-refractivity contribution is -0.0504. The summed E-state index contributed by atoms with van der Waals surface area (Å²) in [5.74, 6) is 0.786. The van der Waals surface area contributed by atoms with E-state index in [1.165, 1.54) is 6.07 Å². The van der Waals surface area contributed by atoms with Crippen LogP contribution in [-0.4, -0.2) is 38.9 Å². The van der Waals surface area contributed by atoms with E-state index in [9.17, 15) is 8.78 Å². The summed E-state index contributed by atoms with van der Waals surface area (Å²) in [7, 11) is 0. The number of para-hydroxylation sites is 1. The van der Waals surface area contributed by atoms with Gasteiger partial charge in [0.25, 0.3) is 0 Å². The highest BCUT2D eigenvalue weighted by Crippen LogP contribution is 2.20. The van der Waals surface area contributed by atoms with Crippen LogP contribution in [0.3, 0.4) is 0 Å². The first-order chi connectivity index (χ1) is 11.2. The molecule has 0 radical (unpaired) electrons. The number of nitrogens with zero attached hydrogens (tertiary/aromatic N) is 1. The molecular formula is C16H25F2N3O2. The van der Waals surface area contributed by atoms with Gasteiger partial charge in [-0.3, -0.25) is 0 Å². The van der Waals surface area contributed by atoms with E-state index in [4.69, 9.17) is 4.74 Å². The van der Waals surface area contributed by atoms with Gasteiger partial charge < -0.3 is 20.1 Å². The molecule has 1 aromatic carbocycles. The summed E-state index contributed by atoms with van der Waals surface area (Å²) in [6.07, 6.45) is 0.864. The topological polar surface area (TPSA) is 54.9 Å². The molecule has 0 unspecified atom stereocenters. The van der Waals surface area contributed by atoms with Crippen LogP contribution >= 0.6 is 0 Å². The minimum atomic E-state index is -2.84. The molecule has 0 heterocycles. The third-order valence-corrected chi connectivity index (χ3v) is 2.90.